The molecule has 3 aromatic rings. The Balaban J connectivity index is 1.68. The number of hydrogen-bond acceptors (Lipinski definition) is 4. The lowest BCUT2D eigenvalue weighted by molar-refractivity contribution is -0.384. The summed E-state index contributed by atoms with van der Waals surface area (Å²) in [6.45, 7) is 0.647. The van der Waals surface area contributed by atoms with Crippen molar-refractivity contribution in [1.82, 2.24) is 5.01 Å². The number of nitrogens with zero attached hydrogens (tertiary/aromatic N) is 3. The van der Waals surface area contributed by atoms with Crippen molar-refractivity contribution in [2.75, 3.05) is 0 Å². The fraction of sp³-hybridized carbons (Fsp3) is 0.136. The van der Waals surface area contributed by atoms with E-state index in [4.69, 9.17) is 5.10 Å². The van der Waals surface area contributed by atoms with Crippen LogP contribution < -0.4 is 0 Å². The Hall–Kier alpha value is -2.99. The molecule has 1 atom stereocenters. The van der Waals surface area contributed by atoms with Crippen LogP contribution in [0.15, 0.2) is 88.4 Å². The molecule has 0 spiro atoms. The van der Waals surface area contributed by atoms with Gasteiger partial charge in [-0.05, 0) is 28.8 Å². The largest absolute Gasteiger partial charge is 0.284 e. The third kappa shape index (κ3) is 3.97. The van der Waals surface area contributed by atoms with E-state index in [9.17, 15) is 10.1 Å². The van der Waals surface area contributed by atoms with E-state index in [0.29, 0.717) is 13.0 Å². The number of hydrazone groups is 1. The third-order valence-corrected chi connectivity index (χ3v) is 5.35. The first kappa shape index (κ1) is 18.4. The second kappa shape index (κ2) is 7.94. The molecule has 0 saturated carbocycles. The smallest absolute Gasteiger partial charge is 0.269 e. The zero-order chi connectivity index (χ0) is 19.5. The predicted molar refractivity (Wildman–Crippen MR) is 113 cm³/mol. The first-order valence-corrected chi connectivity index (χ1v) is 9.78. The minimum Gasteiger partial charge on any atom is -0.284 e. The number of benzene rings is 3. The predicted octanol–water partition coefficient (Wildman–Crippen LogP) is 5.71. The Morgan fingerprint density at radius 2 is 1.79 bits per heavy atom. The Morgan fingerprint density at radius 1 is 1.04 bits per heavy atom. The van der Waals surface area contributed by atoms with Crippen molar-refractivity contribution in [3.8, 4) is 0 Å². The molecule has 140 valence electrons. The summed E-state index contributed by atoms with van der Waals surface area (Å²) in [6.07, 6.45) is 0.704. The minimum absolute atomic E-state index is 0.0428. The Morgan fingerprint density at radius 3 is 2.50 bits per heavy atom. The minimum atomic E-state index is -0.351. The van der Waals surface area contributed by atoms with Gasteiger partial charge in [0, 0.05) is 23.0 Å². The van der Waals surface area contributed by atoms with E-state index in [1.54, 1.807) is 12.1 Å². The second-order valence-corrected chi connectivity index (χ2v) is 7.62. The highest BCUT2D eigenvalue weighted by atomic mass is 79.9. The van der Waals surface area contributed by atoms with Crippen molar-refractivity contribution in [2.24, 2.45) is 5.10 Å². The van der Waals surface area contributed by atoms with Crippen molar-refractivity contribution < 1.29 is 4.92 Å². The van der Waals surface area contributed by atoms with Crippen LogP contribution in [-0.4, -0.2) is 15.6 Å². The van der Waals surface area contributed by atoms with Gasteiger partial charge in [0.15, 0.2) is 0 Å². The molecule has 5 nitrogen and oxygen atoms in total. The number of hydrogen-bond donors (Lipinski definition) is 0. The lowest BCUT2D eigenvalue weighted by Crippen LogP contribution is -2.19. The molecule has 6 heteroatoms. The van der Waals surface area contributed by atoms with E-state index in [2.05, 4.69) is 28.1 Å². The summed E-state index contributed by atoms with van der Waals surface area (Å²) >= 11 is 3.47. The Bertz CT molecular complexity index is 1020. The topological polar surface area (TPSA) is 58.7 Å². The van der Waals surface area contributed by atoms with Gasteiger partial charge in [0.2, 0.25) is 0 Å². The second-order valence-electron chi connectivity index (χ2n) is 6.71. The zero-order valence-electron chi connectivity index (χ0n) is 15.0. The van der Waals surface area contributed by atoms with Crippen LogP contribution in [0.3, 0.4) is 0 Å². The SMILES string of the molecule is O=[N+]([O-])c1cccc(C2CC(c3ccc(Br)cc3)=NN2Cc2ccccc2)c1. The first-order chi connectivity index (χ1) is 13.6. The summed E-state index contributed by atoms with van der Waals surface area (Å²) in [6, 6.07) is 25.0. The highest BCUT2D eigenvalue weighted by Crippen LogP contribution is 2.35. The summed E-state index contributed by atoms with van der Waals surface area (Å²) in [5, 5.41) is 18.1. The Kier molecular flexibility index (Phi) is 5.21. The molecular formula is C22H18BrN3O2. The fourth-order valence-corrected chi connectivity index (χ4v) is 3.69. The van der Waals surface area contributed by atoms with E-state index < -0.39 is 0 Å². The molecule has 0 amide bonds. The summed E-state index contributed by atoms with van der Waals surface area (Å²) in [5.74, 6) is 0. The van der Waals surface area contributed by atoms with Crippen LogP contribution in [0.4, 0.5) is 5.69 Å². The van der Waals surface area contributed by atoms with Gasteiger partial charge in [0.1, 0.15) is 0 Å². The van der Waals surface area contributed by atoms with E-state index in [1.165, 1.54) is 6.07 Å². The van der Waals surface area contributed by atoms with Crippen molar-refractivity contribution in [1.29, 1.82) is 0 Å². The van der Waals surface area contributed by atoms with E-state index in [1.807, 2.05) is 53.5 Å². The molecule has 1 aliphatic heterocycles. The van der Waals surface area contributed by atoms with E-state index in [-0.39, 0.29) is 16.7 Å². The summed E-state index contributed by atoms with van der Waals surface area (Å²) in [7, 11) is 0. The first-order valence-electron chi connectivity index (χ1n) is 8.98. The molecule has 0 saturated heterocycles. The van der Waals surface area contributed by atoms with Gasteiger partial charge in [0.25, 0.3) is 5.69 Å². The summed E-state index contributed by atoms with van der Waals surface area (Å²) in [4.78, 5) is 10.9. The van der Waals surface area contributed by atoms with Gasteiger partial charge in [-0.1, -0.05) is 70.5 Å². The molecule has 1 aliphatic rings. The summed E-state index contributed by atoms with van der Waals surface area (Å²) in [5.41, 5.74) is 4.21. The maximum atomic E-state index is 11.2. The maximum Gasteiger partial charge on any atom is 0.269 e. The van der Waals surface area contributed by atoms with Crippen LogP contribution in [-0.2, 0) is 6.54 Å². The molecule has 0 aliphatic carbocycles. The van der Waals surface area contributed by atoms with Crippen LogP contribution >= 0.6 is 15.9 Å². The number of non-ortho nitro benzene ring substituents is 1. The lowest BCUT2D eigenvalue weighted by Gasteiger charge is -2.24. The summed E-state index contributed by atoms with van der Waals surface area (Å²) < 4.78 is 1.02. The molecule has 1 heterocycles. The number of rotatable bonds is 5. The van der Waals surface area contributed by atoms with Crippen LogP contribution in [0.1, 0.15) is 29.2 Å². The Labute approximate surface area is 171 Å². The van der Waals surface area contributed by atoms with Crippen molar-refractivity contribution in [2.45, 2.75) is 19.0 Å². The molecule has 0 aromatic heterocycles. The molecule has 0 radical (unpaired) electrons. The molecule has 0 fully saturated rings. The lowest BCUT2D eigenvalue weighted by atomic mass is 9.98. The number of nitro benzene ring substituents is 1. The highest BCUT2D eigenvalue weighted by molar-refractivity contribution is 9.10. The van der Waals surface area contributed by atoms with Crippen molar-refractivity contribution in [3.05, 3.63) is 110 Å². The van der Waals surface area contributed by atoms with E-state index >= 15 is 0 Å². The van der Waals surface area contributed by atoms with Crippen LogP contribution in [0.25, 0.3) is 0 Å². The van der Waals surface area contributed by atoms with E-state index in [0.717, 1.165) is 26.9 Å². The third-order valence-electron chi connectivity index (χ3n) is 4.83. The molecule has 4 rings (SSSR count). The zero-order valence-corrected chi connectivity index (χ0v) is 16.6. The van der Waals surface area contributed by atoms with Gasteiger partial charge in [-0.2, -0.15) is 5.10 Å². The number of halogens is 1. The fourth-order valence-electron chi connectivity index (χ4n) is 3.42. The highest BCUT2D eigenvalue weighted by Gasteiger charge is 2.29. The average Bonchev–Trinajstić information content (AvgIpc) is 3.13. The molecule has 0 bridgehead atoms. The van der Waals surface area contributed by atoms with Crippen LogP contribution in [0, 0.1) is 10.1 Å². The van der Waals surface area contributed by atoms with Crippen LogP contribution in [0.2, 0.25) is 0 Å². The van der Waals surface area contributed by atoms with Gasteiger partial charge >= 0.3 is 0 Å². The van der Waals surface area contributed by atoms with Crippen molar-refractivity contribution in [3.63, 3.8) is 0 Å². The molecule has 1 unspecified atom stereocenters. The molecule has 0 N–H and O–H groups in total. The maximum absolute atomic E-state index is 11.2. The van der Waals surface area contributed by atoms with Gasteiger partial charge in [-0.3, -0.25) is 15.1 Å². The molecular weight excluding hydrogens is 418 g/mol. The molecule has 28 heavy (non-hydrogen) atoms. The average molecular weight is 436 g/mol. The van der Waals surface area contributed by atoms with Gasteiger partial charge in [0.05, 0.1) is 23.2 Å². The standard InChI is InChI=1S/C22H18BrN3O2/c23-19-11-9-17(10-12-19)21-14-22(18-7-4-8-20(13-18)26(27)28)25(24-21)15-16-5-2-1-3-6-16/h1-13,22H,14-15H2. The molecule has 3 aromatic carbocycles. The van der Waals surface area contributed by atoms with Crippen molar-refractivity contribution >= 4 is 27.3 Å². The quantitative estimate of drug-likeness (QED) is 0.380. The van der Waals surface area contributed by atoms with Gasteiger partial charge < -0.3 is 0 Å². The van der Waals surface area contributed by atoms with Gasteiger partial charge in [-0.25, -0.2) is 0 Å². The van der Waals surface area contributed by atoms with Crippen LogP contribution in [0.5, 0.6) is 0 Å². The van der Waals surface area contributed by atoms with Gasteiger partial charge in [-0.15, -0.1) is 0 Å². The monoisotopic (exact) mass is 435 g/mol. The normalized spacial score (nSPS) is 16.1. The number of nitro groups is 1.